The van der Waals surface area contributed by atoms with Gasteiger partial charge in [-0.25, -0.2) is 14.2 Å². The third-order valence-corrected chi connectivity index (χ3v) is 5.62. The third-order valence-electron chi connectivity index (χ3n) is 5.62. The summed E-state index contributed by atoms with van der Waals surface area (Å²) in [4.78, 5) is 28.4. The molecule has 3 heterocycles. The number of ether oxygens (including phenoxy) is 2. The Morgan fingerprint density at radius 2 is 2.03 bits per heavy atom. The number of carbonyl (C=O) groups is 2. The molecule has 11 heteroatoms. The van der Waals surface area contributed by atoms with Gasteiger partial charge in [0.1, 0.15) is 30.0 Å². The average molecular weight is 447 g/mol. The molecule has 0 unspecified atom stereocenters. The maximum absolute atomic E-state index is 12.9. The number of hydrogen-bond donors (Lipinski definition) is 4. The van der Waals surface area contributed by atoms with E-state index in [-0.39, 0.29) is 31.1 Å². The molecule has 1 aromatic heterocycles. The van der Waals surface area contributed by atoms with Crippen LogP contribution in [0.15, 0.2) is 36.7 Å². The van der Waals surface area contributed by atoms with Gasteiger partial charge in [0.15, 0.2) is 0 Å². The van der Waals surface area contributed by atoms with Gasteiger partial charge in [0.2, 0.25) is 5.91 Å². The van der Waals surface area contributed by atoms with Gasteiger partial charge in [-0.3, -0.25) is 4.79 Å². The van der Waals surface area contributed by atoms with Crippen molar-refractivity contribution in [1.82, 2.24) is 20.2 Å². The molecule has 172 valence electrons. The number of aliphatic hydroxyl groups is 1. The number of aliphatic hydroxyl groups excluding tert-OH is 1. The second kappa shape index (κ2) is 9.63. The molecule has 1 aromatic carbocycles. The highest BCUT2D eigenvalue weighted by atomic mass is 19.1. The van der Waals surface area contributed by atoms with Gasteiger partial charge in [0, 0.05) is 38.1 Å². The maximum atomic E-state index is 12.9. The average Bonchev–Trinajstić information content (AvgIpc) is 3.43. The van der Waals surface area contributed by atoms with Gasteiger partial charge in [-0.15, -0.1) is 0 Å². The molecular formula is C21H26FN5O5. The minimum atomic E-state index is -0.924. The van der Waals surface area contributed by atoms with Crippen molar-refractivity contribution in [2.45, 2.75) is 49.9 Å². The lowest BCUT2D eigenvalue weighted by molar-refractivity contribution is -0.125. The summed E-state index contributed by atoms with van der Waals surface area (Å²) in [7, 11) is 1.85. The Morgan fingerprint density at radius 3 is 2.72 bits per heavy atom. The smallest absolute Gasteiger partial charge is 0.319 e. The number of anilines is 1. The molecule has 0 radical (unpaired) electrons. The van der Waals surface area contributed by atoms with Gasteiger partial charge >= 0.3 is 6.03 Å². The van der Waals surface area contributed by atoms with E-state index in [0.29, 0.717) is 18.7 Å². The minimum Gasteiger partial charge on any atom is -0.388 e. The number of aromatic nitrogens is 2. The number of halogens is 1. The number of hydrogen-bond acceptors (Lipinski definition) is 6. The van der Waals surface area contributed by atoms with Crippen molar-refractivity contribution in [3.63, 3.8) is 0 Å². The molecule has 4 N–H and O–H groups in total. The zero-order chi connectivity index (χ0) is 22.7. The molecule has 0 saturated carbocycles. The molecule has 2 aromatic rings. The van der Waals surface area contributed by atoms with Crippen LogP contribution in [0.1, 0.15) is 18.7 Å². The second-order valence-electron chi connectivity index (χ2n) is 7.94. The monoisotopic (exact) mass is 447 g/mol. The predicted molar refractivity (Wildman–Crippen MR) is 111 cm³/mol. The van der Waals surface area contributed by atoms with Crippen LogP contribution in [0.25, 0.3) is 0 Å². The van der Waals surface area contributed by atoms with Crippen molar-refractivity contribution in [3.8, 4) is 0 Å². The van der Waals surface area contributed by atoms with Crippen molar-refractivity contribution in [3.05, 3.63) is 48.3 Å². The SMILES string of the molecule is Cn1ccnc1CNC(=O)C[C@@H]1C[C@H]2O[C@H](CNC(=O)Nc3ccc(F)cc3)[C@@H](O)[C@H]2O1. The van der Waals surface area contributed by atoms with E-state index in [0.717, 1.165) is 5.82 Å². The van der Waals surface area contributed by atoms with Crippen molar-refractivity contribution in [2.24, 2.45) is 7.05 Å². The fourth-order valence-electron chi connectivity index (χ4n) is 3.93. The van der Waals surface area contributed by atoms with Crippen molar-refractivity contribution in [1.29, 1.82) is 0 Å². The Labute approximate surface area is 184 Å². The first-order valence-electron chi connectivity index (χ1n) is 10.4. The van der Waals surface area contributed by atoms with E-state index in [1.807, 2.05) is 11.6 Å². The van der Waals surface area contributed by atoms with E-state index in [1.165, 1.54) is 24.3 Å². The molecule has 0 aliphatic carbocycles. The van der Waals surface area contributed by atoms with Gasteiger partial charge in [-0.1, -0.05) is 0 Å². The number of nitrogens with one attached hydrogen (secondary N) is 3. The number of rotatable bonds is 7. The molecule has 0 spiro atoms. The summed E-state index contributed by atoms with van der Waals surface area (Å²) in [5.41, 5.74) is 0.445. The Morgan fingerprint density at radius 1 is 1.25 bits per heavy atom. The normalized spacial score (nSPS) is 26.5. The summed E-state index contributed by atoms with van der Waals surface area (Å²) in [5, 5.41) is 18.5. The van der Waals surface area contributed by atoms with Crippen molar-refractivity contribution in [2.75, 3.05) is 11.9 Å². The Hall–Kier alpha value is -3.02. The number of benzene rings is 1. The van der Waals surface area contributed by atoms with Gasteiger partial charge < -0.3 is 35.1 Å². The highest BCUT2D eigenvalue weighted by molar-refractivity contribution is 5.89. The van der Waals surface area contributed by atoms with Gasteiger partial charge in [0.25, 0.3) is 0 Å². The first-order valence-corrected chi connectivity index (χ1v) is 10.4. The van der Waals surface area contributed by atoms with Crippen LogP contribution in [0.4, 0.5) is 14.9 Å². The molecular weight excluding hydrogens is 421 g/mol. The minimum absolute atomic E-state index is 0.0827. The number of amides is 3. The molecule has 4 rings (SSSR count). The molecule has 2 aliphatic heterocycles. The van der Waals surface area contributed by atoms with Gasteiger partial charge in [0.05, 0.1) is 25.2 Å². The van der Waals surface area contributed by atoms with Crippen molar-refractivity contribution < 1.29 is 28.6 Å². The summed E-state index contributed by atoms with van der Waals surface area (Å²) < 4.78 is 26.5. The molecule has 32 heavy (non-hydrogen) atoms. The summed E-state index contributed by atoms with van der Waals surface area (Å²) in [6, 6.07) is 4.88. The zero-order valence-electron chi connectivity index (χ0n) is 17.5. The van der Waals surface area contributed by atoms with Crippen LogP contribution in [0.2, 0.25) is 0 Å². The Kier molecular flexibility index (Phi) is 6.68. The van der Waals surface area contributed by atoms with E-state index in [1.54, 1.807) is 12.4 Å². The lowest BCUT2D eigenvalue weighted by Gasteiger charge is -2.20. The molecule has 2 aliphatic rings. The standard InChI is InChI=1S/C21H26FN5O5/c1-27-7-6-23-17(27)11-24-18(28)9-14-8-15-20(31-14)19(29)16(32-15)10-25-21(30)26-13-4-2-12(22)3-5-13/h2-7,14-16,19-20,29H,8-11H2,1H3,(H,24,28)(H2,25,26,30)/t14-,15+,16+,19+,20-/m0/s1. The summed E-state index contributed by atoms with van der Waals surface area (Å²) >= 11 is 0. The fraction of sp³-hybridized carbons (Fsp3) is 0.476. The lowest BCUT2D eigenvalue weighted by atomic mass is 10.1. The highest BCUT2D eigenvalue weighted by Crippen LogP contribution is 2.35. The molecule has 5 atom stereocenters. The van der Waals surface area contributed by atoms with Crippen LogP contribution >= 0.6 is 0 Å². The number of imidazole rings is 1. The van der Waals surface area contributed by atoms with Gasteiger partial charge in [-0.05, 0) is 24.3 Å². The van der Waals surface area contributed by atoms with Crippen LogP contribution in [0.3, 0.4) is 0 Å². The summed E-state index contributed by atoms with van der Waals surface area (Å²) in [6.07, 6.45) is 1.33. The van der Waals surface area contributed by atoms with Crippen LogP contribution in [-0.2, 0) is 27.9 Å². The predicted octanol–water partition coefficient (Wildman–Crippen LogP) is 0.673. The number of aryl methyl sites for hydroxylation is 1. The fourth-order valence-corrected chi connectivity index (χ4v) is 3.93. The summed E-state index contributed by atoms with van der Waals surface area (Å²) in [6.45, 7) is 0.411. The lowest BCUT2D eigenvalue weighted by Crippen LogP contribution is -2.42. The van der Waals surface area contributed by atoms with Crippen LogP contribution in [-0.4, -0.2) is 63.7 Å². The van der Waals surface area contributed by atoms with E-state index < -0.39 is 30.2 Å². The van der Waals surface area contributed by atoms with Crippen LogP contribution in [0, 0.1) is 5.82 Å². The Balaban J connectivity index is 1.18. The third kappa shape index (κ3) is 5.23. The second-order valence-corrected chi connectivity index (χ2v) is 7.94. The Bertz CT molecular complexity index is 952. The molecule has 2 saturated heterocycles. The van der Waals surface area contributed by atoms with E-state index in [4.69, 9.17) is 9.47 Å². The first-order chi connectivity index (χ1) is 15.4. The molecule has 0 bridgehead atoms. The van der Waals surface area contributed by atoms with Gasteiger partial charge in [-0.2, -0.15) is 0 Å². The quantitative estimate of drug-likeness (QED) is 0.494. The molecule has 3 amide bonds. The maximum Gasteiger partial charge on any atom is 0.319 e. The van der Waals surface area contributed by atoms with Crippen LogP contribution in [0.5, 0.6) is 0 Å². The van der Waals surface area contributed by atoms with Crippen molar-refractivity contribution >= 4 is 17.6 Å². The summed E-state index contributed by atoms with van der Waals surface area (Å²) in [5.74, 6) is 0.192. The van der Waals surface area contributed by atoms with E-state index in [2.05, 4.69) is 20.9 Å². The largest absolute Gasteiger partial charge is 0.388 e. The number of urea groups is 1. The number of nitrogens with zero attached hydrogens (tertiary/aromatic N) is 2. The molecule has 10 nitrogen and oxygen atoms in total. The number of carbonyl (C=O) groups excluding carboxylic acids is 2. The molecule has 2 fully saturated rings. The van der Waals surface area contributed by atoms with E-state index in [9.17, 15) is 19.1 Å². The highest BCUT2D eigenvalue weighted by Gasteiger charge is 2.50. The zero-order valence-corrected chi connectivity index (χ0v) is 17.5. The first kappa shape index (κ1) is 22.2. The topological polar surface area (TPSA) is 127 Å². The van der Waals surface area contributed by atoms with E-state index >= 15 is 0 Å². The van der Waals surface area contributed by atoms with Crippen LogP contribution < -0.4 is 16.0 Å². The number of fused-ring (bicyclic) bond motifs is 1.